The van der Waals surface area contributed by atoms with Gasteiger partial charge in [0.25, 0.3) is 0 Å². The second kappa shape index (κ2) is 8.63. The largest absolute Gasteiger partial charge is 0.343 e. The van der Waals surface area contributed by atoms with Crippen molar-refractivity contribution in [2.75, 3.05) is 52.9 Å². The molecule has 0 aromatic rings. The van der Waals surface area contributed by atoms with Gasteiger partial charge in [0.15, 0.2) is 0 Å². The monoisotopic (exact) mass is 349 g/mol. The van der Waals surface area contributed by atoms with E-state index in [-0.39, 0.29) is 17.9 Å². The van der Waals surface area contributed by atoms with Gasteiger partial charge in [-0.05, 0) is 12.8 Å². The number of nitriles is 1. The third-order valence-electron chi connectivity index (χ3n) is 5.67. The van der Waals surface area contributed by atoms with Crippen molar-refractivity contribution in [2.24, 2.45) is 5.92 Å². The van der Waals surface area contributed by atoms with Crippen molar-refractivity contribution in [3.63, 3.8) is 0 Å². The first kappa shape index (κ1) is 19.7. The van der Waals surface area contributed by atoms with Gasteiger partial charge in [0, 0.05) is 65.8 Å². The highest BCUT2D eigenvalue weighted by Crippen LogP contribution is 2.25. The fourth-order valence-corrected chi connectivity index (χ4v) is 3.95. The molecule has 0 aliphatic carbocycles. The van der Waals surface area contributed by atoms with Gasteiger partial charge in [-0.3, -0.25) is 19.4 Å². The summed E-state index contributed by atoms with van der Waals surface area (Å²) in [6.07, 6.45) is 0.369. The van der Waals surface area contributed by atoms with Gasteiger partial charge >= 0.3 is 0 Å². The average molecular weight is 349 g/mol. The summed E-state index contributed by atoms with van der Waals surface area (Å²) >= 11 is 0. The third-order valence-corrected chi connectivity index (χ3v) is 5.67. The normalized spacial score (nSPS) is 26.3. The lowest BCUT2D eigenvalue weighted by atomic mass is 10.0. The highest BCUT2D eigenvalue weighted by molar-refractivity contribution is 5.81. The smallest absolute Gasteiger partial charge is 0.239 e. The highest BCUT2D eigenvalue weighted by Gasteiger charge is 2.39. The molecule has 7 heteroatoms. The van der Waals surface area contributed by atoms with Crippen LogP contribution >= 0.6 is 0 Å². The first-order chi connectivity index (χ1) is 11.8. The molecule has 3 atom stereocenters. The van der Waals surface area contributed by atoms with Gasteiger partial charge in [-0.2, -0.15) is 5.26 Å². The van der Waals surface area contributed by atoms with Gasteiger partial charge < -0.3 is 9.80 Å². The number of hydrogen-bond acceptors (Lipinski definition) is 5. The third kappa shape index (κ3) is 4.71. The minimum Gasteiger partial charge on any atom is -0.343 e. The summed E-state index contributed by atoms with van der Waals surface area (Å²) in [7, 11) is 1.77. The highest BCUT2D eigenvalue weighted by atomic mass is 16.2. The average Bonchev–Trinajstić information content (AvgIpc) is 3.00. The number of amides is 2. The number of carbonyl (C=O) groups excluding carboxylic acids is 2. The summed E-state index contributed by atoms with van der Waals surface area (Å²) in [5.41, 5.74) is 0. The number of piperazine rings is 1. The molecule has 2 rings (SSSR count). The summed E-state index contributed by atoms with van der Waals surface area (Å²) in [6, 6.07) is 2.37. The Balaban J connectivity index is 1.89. The van der Waals surface area contributed by atoms with Gasteiger partial charge in [0.2, 0.25) is 11.8 Å². The van der Waals surface area contributed by atoms with Crippen LogP contribution in [0.5, 0.6) is 0 Å². The summed E-state index contributed by atoms with van der Waals surface area (Å²) in [6.45, 7) is 11.5. The zero-order chi connectivity index (χ0) is 18.6. The van der Waals surface area contributed by atoms with E-state index in [0.717, 1.165) is 39.3 Å². The van der Waals surface area contributed by atoms with Gasteiger partial charge in [-0.25, -0.2) is 0 Å². The van der Waals surface area contributed by atoms with Crippen LogP contribution in [0.4, 0.5) is 0 Å². The first-order valence-corrected chi connectivity index (χ1v) is 9.20. The van der Waals surface area contributed by atoms with Crippen molar-refractivity contribution in [3.8, 4) is 6.07 Å². The van der Waals surface area contributed by atoms with Crippen LogP contribution in [0, 0.1) is 17.2 Å². The molecule has 3 unspecified atom stereocenters. The molecule has 0 bridgehead atoms. The lowest BCUT2D eigenvalue weighted by Crippen LogP contribution is -2.53. The number of rotatable bonds is 5. The van der Waals surface area contributed by atoms with Crippen LogP contribution < -0.4 is 0 Å². The second-order valence-electron chi connectivity index (χ2n) is 7.38. The summed E-state index contributed by atoms with van der Waals surface area (Å²) in [5.74, 6) is 0.744. The van der Waals surface area contributed by atoms with E-state index < -0.39 is 0 Å². The van der Waals surface area contributed by atoms with E-state index in [4.69, 9.17) is 5.26 Å². The standard InChI is InChI=1S/C18H31N5O2/c1-14-12-23(15(2)18(25)20(4)7-5-6-19)13-17(14)22-10-8-21(9-11-22)16(3)24/h14-15,17H,5,7-13H2,1-4H3. The molecular formula is C18H31N5O2. The Morgan fingerprint density at radius 3 is 2.44 bits per heavy atom. The molecule has 0 radical (unpaired) electrons. The topological polar surface area (TPSA) is 70.9 Å². The summed E-state index contributed by atoms with van der Waals surface area (Å²) in [5, 5.41) is 8.69. The van der Waals surface area contributed by atoms with Crippen molar-refractivity contribution in [1.29, 1.82) is 5.26 Å². The van der Waals surface area contributed by atoms with Crippen LogP contribution in [0.2, 0.25) is 0 Å². The van der Waals surface area contributed by atoms with Crippen LogP contribution in [0.15, 0.2) is 0 Å². The van der Waals surface area contributed by atoms with E-state index in [9.17, 15) is 9.59 Å². The Kier molecular flexibility index (Phi) is 6.79. The number of hydrogen-bond donors (Lipinski definition) is 0. The van der Waals surface area contributed by atoms with Crippen LogP contribution in [0.3, 0.4) is 0 Å². The number of carbonyl (C=O) groups is 2. The predicted molar refractivity (Wildman–Crippen MR) is 95.7 cm³/mol. The molecule has 7 nitrogen and oxygen atoms in total. The molecule has 25 heavy (non-hydrogen) atoms. The molecule has 0 aromatic carbocycles. The van der Waals surface area contributed by atoms with Crippen LogP contribution in [-0.2, 0) is 9.59 Å². The number of likely N-dealkylation sites (tertiary alicyclic amines) is 1. The Hall–Kier alpha value is -1.65. The van der Waals surface area contributed by atoms with E-state index in [2.05, 4.69) is 22.8 Å². The summed E-state index contributed by atoms with van der Waals surface area (Å²) in [4.78, 5) is 32.3. The lowest BCUT2D eigenvalue weighted by Gasteiger charge is -2.39. The quantitative estimate of drug-likeness (QED) is 0.711. The van der Waals surface area contributed by atoms with E-state index in [1.807, 2.05) is 11.8 Å². The number of nitrogens with zero attached hydrogens (tertiary/aromatic N) is 5. The Labute approximate surface area is 151 Å². The zero-order valence-corrected chi connectivity index (χ0v) is 15.9. The molecule has 2 fully saturated rings. The Bertz CT molecular complexity index is 524. The molecule has 0 spiro atoms. The van der Waals surface area contributed by atoms with Crippen LogP contribution in [0.1, 0.15) is 27.2 Å². The Morgan fingerprint density at radius 1 is 1.24 bits per heavy atom. The van der Waals surface area contributed by atoms with E-state index in [1.165, 1.54) is 0 Å². The van der Waals surface area contributed by atoms with E-state index >= 15 is 0 Å². The van der Waals surface area contributed by atoms with Crippen LogP contribution in [0.25, 0.3) is 0 Å². The van der Waals surface area contributed by atoms with Crippen molar-refractivity contribution in [1.82, 2.24) is 19.6 Å². The first-order valence-electron chi connectivity index (χ1n) is 9.20. The maximum atomic E-state index is 12.6. The molecule has 2 aliphatic rings. The molecule has 140 valence electrons. The molecule has 0 aromatic heterocycles. The summed E-state index contributed by atoms with van der Waals surface area (Å²) < 4.78 is 0. The predicted octanol–water partition coefficient (Wildman–Crippen LogP) is 0.231. The zero-order valence-electron chi connectivity index (χ0n) is 15.9. The molecule has 2 amide bonds. The SMILES string of the molecule is CC(=O)N1CCN(C2CN(C(C)C(=O)N(C)CCC#N)CC2C)CC1. The molecule has 0 N–H and O–H groups in total. The second-order valence-corrected chi connectivity index (χ2v) is 7.38. The van der Waals surface area contributed by atoms with Gasteiger partial charge in [0.1, 0.15) is 0 Å². The van der Waals surface area contributed by atoms with Crippen molar-refractivity contribution >= 4 is 11.8 Å². The minimum atomic E-state index is -0.158. The van der Waals surface area contributed by atoms with E-state index in [1.54, 1.807) is 18.9 Å². The fourth-order valence-electron chi connectivity index (χ4n) is 3.95. The molecule has 2 saturated heterocycles. The maximum Gasteiger partial charge on any atom is 0.239 e. The number of likely N-dealkylation sites (N-methyl/N-ethyl adjacent to an activating group) is 1. The van der Waals surface area contributed by atoms with Crippen LogP contribution in [-0.4, -0.2) is 96.4 Å². The van der Waals surface area contributed by atoms with Crippen molar-refractivity contribution in [3.05, 3.63) is 0 Å². The minimum absolute atomic E-state index is 0.0875. The van der Waals surface area contributed by atoms with E-state index in [0.29, 0.717) is 24.9 Å². The van der Waals surface area contributed by atoms with Gasteiger partial charge in [0.05, 0.1) is 18.5 Å². The lowest BCUT2D eigenvalue weighted by molar-refractivity contribution is -0.135. The molecule has 2 heterocycles. The van der Waals surface area contributed by atoms with Crippen molar-refractivity contribution < 1.29 is 9.59 Å². The molecular weight excluding hydrogens is 318 g/mol. The molecule has 2 aliphatic heterocycles. The molecule has 0 saturated carbocycles. The van der Waals surface area contributed by atoms with Gasteiger partial charge in [-0.15, -0.1) is 0 Å². The Morgan fingerprint density at radius 2 is 1.88 bits per heavy atom. The maximum absolute atomic E-state index is 12.6. The van der Waals surface area contributed by atoms with Gasteiger partial charge in [-0.1, -0.05) is 6.92 Å². The fraction of sp³-hybridized carbons (Fsp3) is 0.833. The van der Waals surface area contributed by atoms with Crippen molar-refractivity contribution in [2.45, 2.75) is 39.3 Å².